The summed E-state index contributed by atoms with van der Waals surface area (Å²) in [6.07, 6.45) is -2.34. The molecule has 30 heavy (non-hydrogen) atoms. The number of ether oxygens (including phenoxy) is 1. The molecule has 4 rings (SSSR count). The summed E-state index contributed by atoms with van der Waals surface area (Å²) < 4.78 is 46.5. The molecule has 1 atom stereocenters. The smallest absolute Gasteiger partial charge is 0.377 e. The van der Waals surface area contributed by atoms with Crippen molar-refractivity contribution in [2.75, 3.05) is 39.3 Å². The number of piperazine rings is 1. The third kappa shape index (κ3) is 4.48. The van der Waals surface area contributed by atoms with Crippen molar-refractivity contribution in [1.29, 1.82) is 0 Å². The molecule has 0 aliphatic carbocycles. The Hall–Kier alpha value is -2.10. The van der Waals surface area contributed by atoms with E-state index in [4.69, 9.17) is 16.3 Å². The van der Waals surface area contributed by atoms with Crippen LogP contribution in [-0.2, 0) is 10.9 Å². The molecule has 1 aromatic carbocycles. The van der Waals surface area contributed by atoms with Crippen molar-refractivity contribution in [3.05, 3.63) is 46.7 Å². The molecular weight excluding hydrogens is 421 g/mol. The number of carbonyl (C=O) groups excluding carboxylic acids is 1. The summed E-state index contributed by atoms with van der Waals surface area (Å²) in [5, 5.41) is 3.86. The number of aromatic nitrogens is 2. The van der Waals surface area contributed by atoms with Crippen molar-refractivity contribution >= 4 is 17.5 Å². The molecule has 3 heterocycles. The summed E-state index contributed by atoms with van der Waals surface area (Å²) in [4.78, 5) is 16.9. The van der Waals surface area contributed by atoms with Gasteiger partial charge >= 0.3 is 6.18 Å². The zero-order valence-corrected chi connectivity index (χ0v) is 17.0. The van der Waals surface area contributed by atoms with Crippen LogP contribution in [0.5, 0.6) is 0 Å². The van der Waals surface area contributed by atoms with E-state index in [0.717, 1.165) is 36.7 Å². The van der Waals surface area contributed by atoms with Gasteiger partial charge in [0.2, 0.25) is 0 Å². The van der Waals surface area contributed by atoms with E-state index in [-0.39, 0.29) is 22.5 Å². The molecule has 1 amide bonds. The molecular formula is C20H22ClF3N4O2. The van der Waals surface area contributed by atoms with Crippen LogP contribution >= 0.6 is 11.6 Å². The summed E-state index contributed by atoms with van der Waals surface area (Å²) in [6, 6.07) is 7.17. The molecule has 0 radical (unpaired) electrons. The van der Waals surface area contributed by atoms with Crippen molar-refractivity contribution in [2.24, 2.45) is 0 Å². The maximum atomic E-state index is 13.3. The lowest BCUT2D eigenvalue weighted by Crippen LogP contribution is -2.50. The number of carbonyl (C=O) groups is 1. The number of benzene rings is 1. The third-order valence-corrected chi connectivity index (χ3v) is 5.76. The van der Waals surface area contributed by atoms with Gasteiger partial charge in [0.15, 0.2) is 5.69 Å². The van der Waals surface area contributed by atoms with Crippen LogP contribution in [-0.4, -0.2) is 70.9 Å². The molecule has 10 heteroatoms. The van der Waals surface area contributed by atoms with Crippen LogP contribution < -0.4 is 0 Å². The highest BCUT2D eigenvalue weighted by molar-refractivity contribution is 6.32. The van der Waals surface area contributed by atoms with Gasteiger partial charge in [0.25, 0.3) is 5.91 Å². The number of para-hydroxylation sites is 1. The van der Waals surface area contributed by atoms with Gasteiger partial charge in [0, 0.05) is 45.4 Å². The number of nitrogens with zero attached hydrogens (tertiary/aromatic N) is 4. The van der Waals surface area contributed by atoms with Gasteiger partial charge in [-0.25, -0.2) is 4.68 Å². The monoisotopic (exact) mass is 442 g/mol. The number of alkyl halides is 3. The van der Waals surface area contributed by atoms with Crippen molar-refractivity contribution in [3.63, 3.8) is 0 Å². The third-order valence-electron chi connectivity index (χ3n) is 5.44. The molecule has 0 spiro atoms. The number of halogens is 4. The Morgan fingerprint density at radius 1 is 1.20 bits per heavy atom. The molecule has 6 nitrogen and oxygen atoms in total. The molecule has 2 fully saturated rings. The summed E-state index contributed by atoms with van der Waals surface area (Å²) in [5.74, 6) is -0.491. The van der Waals surface area contributed by atoms with Gasteiger partial charge in [0.1, 0.15) is 5.69 Å². The summed E-state index contributed by atoms with van der Waals surface area (Å²) in [6.45, 7) is 3.77. The maximum absolute atomic E-state index is 13.3. The summed E-state index contributed by atoms with van der Waals surface area (Å²) in [7, 11) is 0. The van der Waals surface area contributed by atoms with Crippen LogP contribution in [0.25, 0.3) is 5.69 Å². The van der Waals surface area contributed by atoms with Gasteiger partial charge in [-0.05, 0) is 25.0 Å². The zero-order chi connectivity index (χ0) is 21.3. The van der Waals surface area contributed by atoms with E-state index < -0.39 is 17.8 Å². The van der Waals surface area contributed by atoms with Crippen LogP contribution in [0.15, 0.2) is 30.3 Å². The zero-order valence-electron chi connectivity index (χ0n) is 16.2. The molecule has 162 valence electrons. The lowest BCUT2D eigenvalue weighted by Gasteiger charge is -2.35. The first-order chi connectivity index (χ1) is 14.3. The molecule has 0 bridgehead atoms. The molecule has 2 saturated heterocycles. The van der Waals surface area contributed by atoms with Gasteiger partial charge in [-0.1, -0.05) is 23.7 Å². The van der Waals surface area contributed by atoms with Crippen molar-refractivity contribution in [2.45, 2.75) is 25.1 Å². The quantitative estimate of drug-likeness (QED) is 0.727. The van der Waals surface area contributed by atoms with Gasteiger partial charge in [-0.15, -0.1) is 0 Å². The van der Waals surface area contributed by atoms with E-state index in [1.807, 2.05) is 0 Å². The van der Waals surface area contributed by atoms with Gasteiger partial charge in [-0.3, -0.25) is 9.69 Å². The average Bonchev–Trinajstić information content (AvgIpc) is 3.38. The first kappa shape index (κ1) is 21.1. The Balaban J connectivity index is 1.53. The second-order valence-corrected chi connectivity index (χ2v) is 7.91. The highest BCUT2D eigenvalue weighted by atomic mass is 35.5. The minimum absolute atomic E-state index is 0.150. The van der Waals surface area contributed by atoms with Crippen molar-refractivity contribution < 1.29 is 22.7 Å². The van der Waals surface area contributed by atoms with E-state index in [2.05, 4.69) is 10.00 Å². The van der Waals surface area contributed by atoms with Crippen molar-refractivity contribution in [3.8, 4) is 5.69 Å². The largest absolute Gasteiger partial charge is 0.435 e. The molecule has 1 unspecified atom stereocenters. The van der Waals surface area contributed by atoms with Crippen LogP contribution in [0.3, 0.4) is 0 Å². The number of rotatable bonds is 4. The average molecular weight is 443 g/mol. The van der Waals surface area contributed by atoms with E-state index >= 15 is 0 Å². The van der Waals surface area contributed by atoms with Gasteiger partial charge < -0.3 is 9.64 Å². The van der Waals surface area contributed by atoms with E-state index in [9.17, 15) is 18.0 Å². The van der Waals surface area contributed by atoms with E-state index in [1.54, 1.807) is 23.1 Å². The van der Waals surface area contributed by atoms with Crippen LogP contribution in [0.4, 0.5) is 13.2 Å². The molecule has 0 N–H and O–H groups in total. The highest BCUT2D eigenvalue weighted by Gasteiger charge is 2.37. The number of hydrogen-bond acceptors (Lipinski definition) is 4. The van der Waals surface area contributed by atoms with E-state index in [0.29, 0.717) is 26.2 Å². The predicted octanol–water partition coefficient (Wildman–Crippen LogP) is 3.48. The minimum atomic E-state index is -4.67. The first-order valence-corrected chi connectivity index (χ1v) is 10.3. The Labute approximate surface area is 177 Å². The Bertz CT molecular complexity index is 904. The lowest BCUT2D eigenvalue weighted by atomic mass is 10.2. The maximum Gasteiger partial charge on any atom is 0.435 e. The Morgan fingerprint density at radius 3 is 2.57 bits per heavy atom. The highest BCUT2D eigenvalue weighted by Crippen LogP contribution is 2.31. The second-order valence-electron chi connectivity index (χ2n) is 7.50. The summed E-state index contributed by atoms with van der Waals surface area (Å²) in [5.41, 5.74) is -1.04. The molecule has 2 aromatic rings. The standard InChI is InChI=1S/C20H22ClF3N4O2/c21-15-5-1-2-6-16(15)28-17(12-18(25-28)20(22,23)24)19(29)27-9-7-26(8-10-27)13-14-4-3-11-30-14/h1-2,5-6,12,14H,3-4,7-11,13H2. The van der Waals surface area contributed by atoms with Gasteiger partial charge in [-0.2, -0.15) is 18.3 Å². The number of amides is 1. The SMILES string of the molecule is O=C(c1cc(C(F)(F)F)nn1-c1ccccc1Cl)N1CCN(CC2CCCO2)CC1. The molecule has 2 aliphatic rings. The normalized spacial score (nSPS) is 20.7. The fourth-order valence-electron chi connectivity index (χ4n) is 3.85. The molecule has 2 aliphatic heterocycles. The number of hydrogen-bond donors (Lipinski definition) is 0. The van der Waals surface area contributed by atoms with E-state index in [1.165, 1.54) is 6.07 Å². The molecule has 1 aromatic heterocycles. The van der Waals surface area contributed by atoms with Crippen LogP contribution in [0.2, 0.25) is 5.02 Å². The minimum Gasteiger partial charge on any atom is -0.377 e. The van der Waals surface area contributed by atoms with Crippen LogP contribution in [0, 0.1) is 0 Å². The predicted molar refractivity (Wildman–Crippen MR) is 105 cm³/mol. The Morgan fingerprint density at radius 2 is 1.93 bits per heavy atom. The topological polar surface area (TPSA) is 50.6 Å². The lowest BCUT2D eigenvalue weighted by molar-refractivity contribution is -0.141. The summed E-state index contributed by atoms with van der Waals surface area (Å²) >= 11 is 6.16. The van der Waals surface area contributed by atoms with Crippen molar-refractivity contribution in [1.82, 2.24) is 19.6 Å². The van der Waals surface area contributed by atoms with Gasteiger partial charge in [0.05, 0.1) is 16.8 Å². The van der Waals surface area contributed by atoms with Crippen LogP contribution in [0.1, 0.15) is 29.0 Å². The Kier molecular flexibility index (Phi) is 6.04. The second kappa shape index (κ2) is 8.56. The fraction of sp³-hybridized carbons (Fsp3) is 0.500. The molecule has 0 saturated carbocycles. The fourth-order valence-corrected chi connectivity index (χ4v) is 4.07. The first-order valence-electron chi connectivity index (χ1n) is 9.88.